The third-order valence-electron chi connectivity index (χ3n) is 3.23. The molecule has 0 atom stereocenters. The van der Waals surface area contributed by atoms with Gasteiger partial charge in [-0.2, -0.15) is 0 Å². The number of carbonyl (C=O) groups is 1. The normalized spacial score (nSPS) is 17.9. The summed E-state index contributed by atoms with van der Waals surface area (Å²) < 4.78 is 0.949. The molecule has 0 aromatic carbocycles. The van der Waals surface area contributed by atoms with Crippen LogP contribution in [0.15, 0.2) is 18.3 Å². The van der Waals surface area contributed by atoms with Crippen LogP contribution in [0.3, 0.4) is 0 Å². The minimum atomic E-state index is 0.203. The molecule has 19 heavy (non-hydrogen) atoms. The van der Waals surface area contributed by atoms with Gasteiger partial charge in [-0.25, -0.2) is 4.98 Å². The fraction of sp³-hybridized carbons (Fsp3) is 0.571. The number of amides is 1. The number of anilines is 1. The molecular weight excluding hydrogens is 353 g/mol. The summed E-state index contributed by atoms with van der Waals surface area (Å²) in [6.07, 6.45) is 2.39. The highest BCUT2D eigenvalue weighted by molar-refractivity contribution is 14.1. The number of pyridine rings is 1. The fourth-order valence-corrected chi connectivity index (χ4v) is 2.69. The van der Waals surface area contributed by atoms with Gasteiger partial charge in [0.15, 0.2) is 0 Å². The van der Waals surface area contributed by atoms with E-state index in [1.165, 1.54) is 0 Å². The van der Waals surface area contributed by atoms with E-state index in [0.29, 0.717) is 12.3 Å². The number of hydrogen-bond donors (Lipinski definition) is 0. The number of aromatic nitrogens is 1. The average molecular weight is 373 g/mol. The van der Waals surface area contributed by atoms with Gasteiger partial charge in [-0.3, -0.25) is 4.79 Å². The van der Waals surface area contributed by atoms with Crippen molar-refractivity contribution in [3.8, 4) is 0 Å². The zero-order valence-electron chi connectivity index (χ0n) is 11.5. The predicted molar refractivity (Wildman–Crippen MR) is 85.2 cm³/mol. The minimum absolute atomic E-state index is 0.203. The van der Waals surface area contributed by atoms with Crippen LogP contribution in [0.5, 0.6) is 0 Å². The zero-order chi connectivity index (χ0) is 13.8. The van der Waals surface area contributed by atoms with Crippen LogP contribution in [-0.2, 0) is 4.79 Å². The van der Waals surface area contributed by atoms with Crippen LogP contribution in [0.4, 0.5) is 5.69 Å². The summed E-state index contributed by atoms with van der Waals surface area (Å²) in [6.45, 7) is 8.06. The van der Waals surface area contributed by atoms with Crippen molar-refractivity contribution in [1.82, 2.24) is 9.88 Å². The Balaban J connectivity index is 2.06. The number of rotatable bonds is 3. The summed E-state index contributed by atoms with van der Waals surface area (Å²) in [5, 5.41) is 0. The molecule has 0 spiro atoms. The molecule has 2 heterocycles. The molecular formula is C14H20IN3O. The molecule has 1 aromatic rings. The van der Waals surface area contributed by atoms with Gasteiger partial charge in [-0.1, -0.05) is 13.8 Å². The standard InChI is InChI=1S/C14H20IN3O/c1-11(2)10-17-6-5-14(19)18(8-7-17)12-3-4-13(15)16-9-12/h3-4,9,11H,5-8,10H2,1-2H3. The molecule has 1 aliphatic rings. The van der Waals surface area contributed by atoms with Crippen molar-refractivity contribution in [2.75, 3.05) is 31.1 Å². The first-order valence-corrected chi connectivity index (χ1v) is 7.78. The highest BCUT2D eigenvalue weighted by Gasteiger charge is 2.22. The Morgan fingerprint density at radius 3 is 2.74 bits per heavy atom. The predicted octanol–water partition coefficient (Wildman–Crippen LogP) is 2.38. The lowest BCUT2D eigenvalue weighted by Crippen LogP contribution is -2.34. The molecule has 2 rings (SSSR count). The van der Waals surface area contributed by atoms with E-state index in [4.69, 9.17) is 0 Å². The van der Waals surface area contributed by atoms with Crippen LogP contribution in [-0.4, -0.2) is 42.0 Å². The van der Waals surface area contributed by atoms with Crippen LogP contribution in [0.2, 0.25) is 0 Å². The van der Waals surface area contributed by atoms with Crippen molar-refractivity contribution in [2.45, 2.75) is 20.3 Å². The summed E-state index contributed by atoms with van der Waals surface area (Å²) in [4.78, 5) is 20.7. The average Bonchev–Trinajstić information content (AvgIpc) is 2.53. The van der Waals surface area contributed by atoms with Gasteiger partial charge in [0.2, 0.25) is 5.91 Å². The molecule has 4 nitrogen and oxygen atoms in total. The molecule has 0 unspecified atom stereocenters. The van der Waals surface area contributed by atoms with Crippen molar-refractivity contribution in [3.05, 3.63) is 22.0 Å². The maximum atomic E-state index is 12.2. The SMILES string of the molecule is CC(C)CN1CCC(=O)N(c2ccc(I)nc2)CC1. The molecule has 104 valence electrons. The van der Waals surface area contributed by atoms with Crippen LogP contribution in [0.1, 0.15) is 20.3 Å². The Bertz CT molecular complexity index is 433. The number of carbonyl (C=O) groups excluding carboxylic acids is 1. The zero-order valence-corrected chi connectivity index (χ0v) is 13.6. The molecule has 1 aromatic heterocycles. The molecule has 1 fully saturated rings. The lowest BCUT2D eigenvalue weighted by atomic mass is 10.2. The first-order chi connectivity index (χ1) is 9.06. The first kappa shape index (κ1) is 14.7. The second kappa shape index (κ2) is 6.65. The molecule has 1 saturated heterocycles. The fourth-order valence-electron chi connectivity index (χ4n) is 2.37. The summed E-state index contributed by atoms with van der Waals surface area (Å²) >= 11 is 2.17. The van der Waals surface area contributed by atoms with E-state index in [0.717, 1.165) is 35.6 Å². The number of halogens is 1. The van der Waals surface area contributed by atoms with E-state index >= 15 is 0 Å². The number of nitrogens with zero attached hydrogens (tertiary/aromatic N) is 3. The van der Waals surface area contributed by atoms with E-state index < -0.39 is 0 Å². The van der Waals surface area contributed by atoms with Gasteiger partial charge in [0.05, 0.1) is 11.9 Å². The Kier molecular flexibility index (Phi) is 5.15. The highest BCUT2D eigenvalue weighted by Crippen LogP contribution is 2.17. The smallest absolute Gasteiger partial charge is 0.228 e. The summed E-state index contributed by atoms with van der Waals surface area (Å²) in [5.41, 5.74) is 0.914. The van der Waals surface area contributed by atoms with E-state index in [1.807, 2.05) is 17.0 Å². The molecule has 0 saturated carbocycles. The Labute approximate surface area is 128 Å². The van der Waals surface area contributed by atoms with Gasteiger partial charge in [0, 0.05) is 32.6 Å². The second-order valence-electron chi connectivity index (χ2n) is 5.33. The molecule has 0 radical (unpaired) electrons. The van der Waals surface area contributed by atoms with Crippen LogP contribution in [0.25, 0.3) is 0 Å². The van der Waals surface area contributed by atoms with Crippen molar-refractivity contribution >= 4 is 34.2 Å². The topological polar surface area (TPSA) is 36.4 Å². The molecule has 0 aliphatic carbocycles. The summed E-state index contributed by atoms with van der Waals surface area (Å²) in [7, 11) is 0. The van der Waals surface area contributed by atoms with Gasteiger partial charge < -0.3 is 9.80 Å². The van der Waals surface area contributed by atoms with Crippen molar-refractivity contribution in [3.63, 3.8) is 0 Å². The summed E-state index contributed by atoms with van der Waals surface area (Å²) in [6, 6.07) is 3.92. The molecule has 1 aliphatic heterocycles. The quantitative estimate of drug-likeness (QED) is 0.603. The molecule has 1 amide bonds. The van der Waals surface area contributed by atoms with Crippen molar-refractivity contribution in [1.29, 1.82) is 0 Å². The highest BCUT2D eigenvalue weighted by atomic mass is 127. The monoisotopic (exact) mass is 373 g/mol. The van der Waals surface area contributed by atoms with Crippen molar-refractivity contribution in [2.24, 2.45) is 5.92 Å². The maximum Gasteiger partial charge on any atom is 0.228 e. The molecule has 0 bridgehead atoms. The molecule has 0 N–H and O–H groups in total. The Hall–Kier alpha value is -0.690. The lowest BCUT2D eigenvalue weighted by Gasteiger charge is -2.23. The van der Waals surface area contributed by atoms with Crippen LogP contribution in [0, 0.1) is 9.62 Å². The van der Waals surface area contributed by atoms with Gasteiger partial charge in [-0.15, -0.1) is 0 Å². The first-order valence-electron chi connectivity index (χ1n) is 6.70. The van der Waals surface area contributed by atoms with Crippen LogP contribution >= 0.6 is 22.6 Å². The Morgan fingerprint density at radius 1 is 1.32 bits per heavy atom. The van der Waals surface area contributed by atoms with Gasteiger partial charge in [-0.05, 0) is 40.6 Å². The maximum absolute atomic E-state index is 12.2. The van der Waals surface area contributed by atoms with Gasteiger partial charge >= 0.3 is 0 Å². The summed E-state index contributed by atoms with van der Waals surface area (Å²) in [5.74, 6) is 0.843. The molecule has 5 heteroatoms. The Morgan fingerprint density at radius 2 is 2.11 bits per heavy atom. The third-order valence-corrected chi connectivity index (χ3v) is 3.87. The van der Waals surface area contributed by atoms with E-state index in [-0.39, 0.29) is 5.91 Å². The largest absolute Gasteiger partial charge is 0.310 e. The van der Waals surface area contributed by atoms with E-state index in [2.05, 4.69) is 46.3 Å². The van der Waals surface area contributed by atoms with Crippen molar-refractivity contribution < 1.29 is 4.79 Å². The van der Waals surface area contributed by atoms with Crippen LogP contribution < -0.4 is 4.90 Å². The second-order valence-corrected chi connectivity index (χ2v) is 6.43. The van der Waals surface area contributed by atoms with E-state index in [1.54, 1.807) is 6.20 Å². The van der Waals surface area contributed by atoms with Gasteiger partial charge in [0.1, 0.15) is 3.70 Å². The number of hydrogen-bond acceptors (Lipinski definition) is 3. The van der Waals surface area contributed by atoms with Gasteiger partial charge in [0.25, 0.3) is 0 Å². The lowest BCUT2D eigenvalue weighted by molar-refractivity contribution is -0.118. The third kappa shape index (κ3) is 4.14. The minimum Gasteiger partial charge on any atom is -0.310 e. The van der Waals surface area contributed by atoms with E-state index in [9.17, 15) is 4.79 Å².